The van der Waals surface area contributed by atoms with Crippen LogP contribution in [-0.4, -0.2) is 10.9 Å². The average Bonchev–Trinajstić information content (AvgIpc) is 2.75. The third-order valence-electron chi connectivity index (χ3n) is 3.13. The minimum absolute atomic E-state index is 0.357. The first-order chi connectivity index (χ1) is 7.25. The number of hydrogen-bond donors (Lipinski definition) is 2. The number of benzene rings is 1. The molecule has 0 spiro atoms. The summed E-state index contributed by atoms with van der Waals surface area (Å²) in [5.74, 6) is -0.357. The molecule has 0 unspecified atom stereocenters. The first-order valence-corrected chi connectivity index (χ1v) is 5.19. The second kappa shape index (κ2) is 2.86. The van der Waals surface area contributed by atoms with Crippen molar-refractivity contribution < 1.29 is 4.79 Å². The van der Waals surface area contributed by atoms with Crippen LogP contribution in [0.3, 0.4) is 0 Å². The Kier molecular flexibility index (Phi) is 1.63. The van der Waals surface area contributed by atoms with Gasteiger partial charge in [-0.25, -0.2) is 0 Å². The molecule has 3 nitrogen and oxygen atoms in total. The van der Waals surface area contributed by atoms with E-state index in [1.165, 1.54) is 23.1 Å². The third kappa shape index (κ3) is 1.16. The molecule has 0 fully saturated rings. The topological polar surface area (TPSA) is 58.9 Å². The van der Waals surface area contributed by atoms with Crippen molar-refractivity contribution in [2.45, 2.75) is 19.3 Å². The number of carbonyl (C=O) groups excluding carboxylic acids is 1. The van der Waals surface area contributed by atoms with Crippen molar-refractivity contribution in [1.82, 2.24) is 4.98 Å². The summed E-state index contributed by atoms with van der Waals surface area (Å²) in [6.45, 7) is 0. The lowest BCUT2D eigenvalue weighted by Gasteiger charge is -1.97. The fourth-order valence-electron chi connectivity index (χ4n) is 2.40. The molecular weight excluding hydrogens is 188 g/mol. The molecule has 0 atom stereocenters. The van der Waals surface area contributed by atoms with Crippen LogP contribution < -0.4 is 5.73 Å². The molecule has 1 amide bonds. The zero-order chi connectivity index (χ0) is 10.4. The number of fused-ring (bicyclic) bond motifs is 3. The quantitative estimate of drug-likeness (QED) is 0.724. The summed E-state index contributed by atoms with van der Waals surface area (Å²) < 4.78 is 0. The van der Waals surface area contributed by atoms with E-state index in [4.69, 9.17) is 5.73 Å². The van der Waals surface area contributed by atoms with Gasteiger partial charge in [-0.1, -0.05) is 0 Å². The largest absolute Gasteiger partial charge is 0.366 e. The van der Waals surface area contributed by atoms with Gasteiger partial charge >= 0.3 is 0 Å². The van der Waals surface area contributed by atoms with Crippen LogP contribution in [0.25, 0.3) is 10.9 Å². The van der Waals surface area contributed by atoms with E-state index in [9.17, 15) is 4.79 Å². The van der Waals surface area contributed by atoms with Gasteiger partial charge in [0.15, 0.2) is 0 Å². The summed E-state index contributed by atoms with van der Waals surface area (Å²) in [5.41, 5.74) is 9.67. The number of aromatic amines is 1. The van der Waals surface area contributed by atoms with E-state index < -0.39 is 0 Å². The number of rotatable bonds is 1. The molecule has 3 N–H and O–H groups in total. The number of H-pyrrole nitrogens is 1. The van der Waals surface area contributed by atoms with Crippen molar-refractivity contribution in [2.24, 2.45) is 5.73 Å². The summed E-state index contributed by atoms with van der Waals surface area (Å²) in [5, 5.41) is 1.17. The molecule has 3 rings (SSSR count). The van der Waals surface area contributed by atoms with E-state index in [-0.39, 0.29) is 5.91 Å². The fraction of sp³-hybridized carbons (Fsp3) is 0.250. The van der Waals surface area contributed by atoms with Gasteiger partial charge in [-0.2, -0.15) is 0 Å². The fourth-order valence-corrected chi connectivity index (χ4v) is 2.40. The molecular formula is C12H12N2O. The molecule has 1 aromatic heterocycles. The van der Waals surface area contributed by atoms with Crippen LogP contribution in [0.15, 0.2) is 18.2 Å². The zero-order valence-corrected chi connectivity index (χ0v) is 8.34. The van der Waals surface area contributed by atoms with Crippen molar-refractivity contribution in [1.29, 1.82) is 0 Å². The van der Waals surface area contributed by atoms with Crippen molar-refractivity contribution in [3.05, 3.63) is 35.0 Å². The Hall–Kier alpha value is -1.77. The van der Waals surface area contributed by atoms with Crippen LogP contribution in [0.2, 0.25) is 0 Å². The number of amides is 1. The Morgan fingerprint density at radius 1 is 1.33 bits per heavy atom. The maximum Gasteiger partial charge on any atom is 0.248 e. The monoisotopic (exact) mass is 200 g/mol. The smallest absolute Gasteiger partial charge is 0.248 e. The highest BCUT2D eigenvalue weighted by Crippen LogP contribution is 2.30. The Morgan fingerprint density at radius 2 is 2.20 bits per heavy atom. The second-order valence-electron chi connectivity index (χ2n) is 4.06. The summed E-state index contributed by atoms with van der Waals surface area (Å²) in [4.78, 5) is 14.5. The number of nitrogens with two attached hydrogens (primary N) is 1. The number of primary amides is 1. The molecule has 0 saturated heterocycles. The van der Waals surface area contributed by atoms with Gasteiger partial charge in [0, 0.05) is 22.2 Å². The number of aromatic nitrogens is 1. The summed E-state index contributed by atoms with van der Waals surface area (Å²) in [6, 6.07) is 5.61. The van der Waals surface area contributed by atoms with Gasteiger partial charge in [-0.15, -0.1) is 0 Å². The molecule has 1 aromatic carbocycles. The van der Waals surface area contributed by atoms with Crippen LogP contribution in [0.4, 0.5) is 0 Å². The molecule has 1 aliphatic rings. The average molecular weight is 200 g/mol. The van der Waals surface area contributed by atoms with Gasteiger partial charge in [0.05, 0.1) is 0 Å². The number of carbonyl (C=O) groups is 1. The lowest BCUT2D eigenvalue weighted by molar-refractivity contribution is 0.100. The Balaban J connectivity index is 2.29. The highest BCUT2D eigenvalue weighted by molar-refractivity contribution is 5.98. The van der Waals surface area contributed by atoms with E-state index >= 15 is 0 Å². The molecule has 0 radical (unpaired) electrons. The van der Waals surface area contributed by atoms with Crippen molar-refractivity contribution in [2.75, 3.05) is 0 Å². The van der Waals surface area contributed by atoms with Crippen molar-refractivity contribution >= 4 is 16.8 Å². The predicted molar refractivity (Wildman–Crippen MR) is 58.8 cm³/mol. The van der Waals surface area contributed by atoms with Crippen LogP contribution in [0, 0.1) is 0 Å². The van der Waals surface area contributed by atoms with Gasteiger partial charge in [0.1, 0.15) is 0 Å². The summed E-state index contributed by atoms with van der Waals surface area (Å²) in [6.07, 6.45) is 3.44. The molecule has 2 aromatic rings. The van der Waals surface area contributed by atoms with E-state index in [1.54, 1.807) is 6.07 Å². The van der Waals surface area contributed by atoms with Gasteiger partial charge in [-0.3, -0.25) is 4.79 Å². The summed E-state index contributed by atoms with van der Waals surface area (Å²) >= 11 is 0. The van der Waals surface area contributed by atoms with Crippen LogP contribution in [0.5, 0.6) is 0 Å². The molecule has 1 aliphatic carbocycles. The highest BCUT2D eigenvalue weighted by Gasteiger charge is 2.17. The Labute approximate surface area is 87.3 Å². The molecule has 0 aliphatic heterocycles. The van der Waals surface area contributed by atoms with Gasteiger partial charge in [0.25, 0.3) is 0 Å². The normalized spacial score (nSPS) is 14.4. The Bertz CT molecular complexity index is 554. The SMILES string of the molecule is NC(=O)c1ccc2[nH]c3c(c2c1)CCC3. The molecule has 1 heterocycles. The van der Waals surface area contributed by atoms with Crippen molar-refractivity contribution in [3.8, 4) is 0 Å². The zero-order valence-electron chi connectivity index (χ0n) is 8.34. The Morgan fingerprint density at radius 3 is 3.00 bits per heavy atom. The highest BCUT2D eigenvalue weighted by atomic mass is 16.1. The third-order valence-corrected chi connectivity index (χ3v) is 3.13. The van der Waals surface area contributed by atoms with Crippen LogP contribution in [0.1, 0.15) is 28.0 Å². The first-order valence-electron chi connectivity index (χ1n) is 5.19. The van der Waals surface area contributed by atoms with E-state index in [2.05, 4.69) is 4.98 Å². The van der Waals surface area contributed by atoms with Crippen molar-refractivity contribution in [3.63, 3.8) is 0 Å². The minimum atomic E-state index is -0.357. The van der Waals surface area contributed by atoms with Gasteiger partial charge in [0.2, 0.25) is 5.91 Å². The molecule has 0 bridgehead atoms. The second-order valence-corrected chi connectivity index (χ2v) is 4.06. The number of nitrogens with one attached hydrogen (secondary N) is 1. The number of aryl methyl sites for hydroxylation is 2. The van der Waals surface area contributed by atoms with E-state index in [1.807, 2.05) is 12.1 Å². The van der Waals surface area contributed by atoms with Crippen LogP contribution >= 0.6 is 0 Å². The molecule has 0 saturated carbocycles. The van der Waals surface area contributed by atoms with Crippen LogP contribution in [-0.2, 0) is 12.8 Å². The van der Waals surface area contributed by atoms with E-state index in [0.29, 0.717) is 5.56 Å². The van der Waals surface area contributed by atoms with Gasteiger partial charge in [-0.05, 0) is 43.0 Å². The molecule has 15 heavy (non-hydrogen) atoms. The predicted octanol–water partition coefficient (Wildman–Crippen LogP) is 1.76. The standard InChI is InChI=1S/C12H12N2O/c13-12(15)7-4-5-11-9(6-7)8-2-1-3-10(8)14-11/h4-6,14H,1-3H2,(H2,13,15). The minimum Gasteiger partial charge on any atom is -0.366 e. The van der Waals surface area contributed by atoms with Gasteiger partial charge < -0.3 is 10.7 Å². The number of hydrogen-bond acceptors (Lipinski definition) is 1. The maximum atomic E-state index is 11.1. The maximum absolute atomic E-state index is 11.1. The lowest BCUT2D eigenvalue weighted by atomic mass is 10.1. The molecule has 76 valence electrons. The van der Waals surface area contributed by atoms with E-state index in [0.717, 1.165) is 18.4 Å². The molecule has 3 heteroatoms. The summed E-state index contributed by atoms with van der Waals surface area (Å²) in [7, 11) is 0. The first kappa shape index (κ1) is 8.53. The lowest BCUT2D eigenvalue weighted by Crippen LogP contribution is -2.10.